The molecule has 0 fully saturated rings. The van der Waals surface area contributed by atoms with Crippen molar-refractivity contribution in [1.82, 2.24) is 39.5 Å². The van der Waals surface area contributed by atoms with Gasteiger partial charge in [0.05, 0.1) is 17.6 Å². The molecule has 0 bridgehead atoms. The second-order valence-corrected chi connectivity index (χ2v) is 7.87. The zero-order valence-corrected chi connectivity index (χ0v) is 15.5. The van der Waals surface area contributed by atoms with Gasteiger partial charge < -0.3 is 0 Å². The molecular weight excluding hydrogens is 368 g/mol. The van der Waals surface area contributed by atoms with Crippen molar-refractivity contribution in [3.63, 3.8) is 0 Å². The smallest absolute Gasteiger partial charge is 0.191 e. The average Bonchev–Trinajstić information content (AvgIpc) is 3.37. The van der Waals surface area contributed by atoms with Crippen LogP contribution in [0.3, 0.4) is 0 Å². The Kier molecular flexibility index (Phi) is 3.86. The monoisotopic (exact) mass is 382 g/mol. The molecule has 5 rings (SSSR count). The highest BCUT2D eigenvalue weighted by molar-refractivity contribution is 8.00. The van der Waals surface area contributed by atoms with Crippen molar-refractivity contribution in [3.8, 4) is 11.4 Å². The fourth-order valence-corrected chi connectivity index (χ4v) is 5.27. The van der Waals surface area contributed by atoms with Crippen LogP contribution in [0.25, 0.3) is 22.4 Å². The fraction of sp³-hybridized carbons (Fsp3) is 0.250. The first kappa shape index (κ1) is 15.8. The van der Waals surface area contributed by atoms with Crippen LogP contribution in [-0.2, 0) is 7.05 Å². The average molecular weight is 382 g/mol. The largest absolute Gasteiger partial charge is 0.297 e. The van der Waals surface area contributed by atoms with Crippen LogP contribution in [0.1, 0.15) is 6.04 Å². The van der Waals surface area contributed by atoms with Crippen molar-refractivity contribution in [1.29, 1.82) is 0 Å². The molecule has 0 N–H and O–H groups in total. The van der Waals surface area contributed by atoms with Gasteiger partial charge in [-0.15, -0.1) is 22.0 Å². The first-order valence-corrected chi connectivity index (χ1v) is 10.0. The molecule has 8 nitrogen and oxygen atoms in total. The molecule has 130 valence electrons. The van der Waals surface area contributed by atoms with Crippen molar-refractivity contribution in [2.24, 2.45) is 7.05 Å². The Bertz CT molecular complexity index is 1070. The molecule has 0 amide bonds. The molecule has 10 heteroatoms. The zero-order valence-electron chi connectivity index (χ0n) is 13.8. The second-order valence-electron chi connectivity index (χ2n) is 5.87. The summed E-state index contributed by atoms with van der Waals surface area (Å²) >= 11 is 3.47. The molecule has 0 radical (unpaired) electrons. The quantitative estimate of drug-likeness (QED) is 0.393. The highest BCUT2D eigenvalue weighted by atomic mass is 32.2. The number of hydrogen-bond donors (Lipinski definition) is 0. The number of nitrogens with zero attached hydrogens (tertiary/aromatic N) is 8. The lowest BCUT2D eigenvalue weighted by atomic mass is 10.2. The van der Waals surface area contributed by atoms with Gasteiger partial charge in [-0.25, -0.2) is 9.97 Å². The van der Waals surface area contributed by atoms with Crippen LogP contribution in [0.2, 0.25) is 0 Å². The minimum atomic E-state index is 0.305. The van der Waals surface area contributed by atoms with Gasteiger partial charge >= 0.3 is 0 Å². The molecule has 0 aliphatic carbocycles. The Labute approximate surface area is 157 Å². The first-order chi connectivity index (χ1) is 12.8. The Balaban J connectivity index is 1.43. The molecule has 0 aromatic carbocycles. The number of fused-ring (bicyclic) bond motifs is 2. The summed E-state index contributed by atoms with van der Waals surface area (Å²) in [6, 6.07) is 4.24. The van der Waals surface area contributed by atoms with Gasteiger partial charge in [-0.05, 0) is 12.1 Å². The van der Waals surface area contributed by atoms with Gasteiger partial charge in [-0.3, -0.25) is 14.2 Å². The van der Waals surface area contributed by atoms with Crippen LogP contribution in [0.15, 0.2) is 47.2 Å². The third kappa shape index (κ3) is 2.56. The zero-order chi connectivity index (χ0) is 17.5. The van der Waals surface area contributed by atoms with Crippen molar-refractivity contribution in [2.75, 3.05) is 11.5 Å². The van der Waals surface area contributed by atoms with E-state index in [1.54, 1.807) is 46.9 Å². The van der Waals surface area contributed by atoms with E-state index < -0.39 is 0 Å². The van der Waals surface area contributed by atoms with Gasteiger partial charge in [0.1, 0.15) is 11.4 Å². The lowest BCUT2D eigenvalue weighted by Gasteiger charge is -2.14. The summed E-state index contributed by atoms with van der Waals surface area (Å²) in [5.41, 5.74) is 1.89. The van der Waals surface area contributed by atoms with Crippen molar-refractivity contribution >= 4 is 34.6 Å². The van der Waals surface area contributed by atoms with Crippen LogP contribution < -0.4 is 0 Å². The number of aryl methyl sites for hydroxylation is 1. The predicted molar refractivity (Wildman–Crippen MR) is 100 cm³/mol. The molecule has 4 aromatic heterocycles. The van der Waals surface area contributed by atoms with Gasteiger partial charge in [0.25, 0.3) is 0 Å². The van der Waals surface area contributed by atoms with Crippen molar-refractivity contribution in [2.45, 2.75) is 16.2 Å². The summed E-state index contributed by atoms with van der Waals surface area (Å²) in [4.78, 5) is 12.8. The van der Waals surface area contributed by atoms with Gasteiger partial charge in [0.2, 0.25) is 0 Å². The lowest BCUT2D eigenvalue weighted by molar-refractivity contribution is 0.597. The molecule has 1 atom stereocenters. The third-order valence-electron chi connectivity index (χ3n) is 4.28. The Morgan fingerprint density at radius 2 is 2.12 bits per heavy atom. The molecule has 0 saturated heterocycles. The molecular formula is C16H14N8S2. The summed E-state index contributed by atoms with van der Waals surface area (Å²) in [5.74, 6) is 2.76. The standard InChI is InChI=1S/C16H14N8S2/c1-23-14-12(6-20-23)15(19-9-18-14)25-7-11-8-26-16-22-21-13(24(11)16)10-2-4-17-5-3-10/h2-6,9,11H,7-8H2,1H3/t11-/m0/s1. The molecule has 0 saturated carbocycles. The van der Waals surface area contributed by atoms with Crippen LogP contribution in [0.4, 0.5) is 0 Å². The Morgan fingerprint density at radius 3 is 3.00 bits per heavy atom. The molecule has 4 aromatic rings. The lowest BCUT2D eigenvalue weighted by Crippen LogP contribution is -2.11. The molecule has 0 unspecified atom stereocenters. The summed E-state index contributed by atoms with van der Waals surface area (Å²) in [7, 11) is 1.89. The molecule has 1 aliphatic rings. The number of hydrogen-bond acceptors (Lipinski definition) is 8. The van der Waals surface area contributed by atoms with E-state index >= 15 is 0 Å². The highest BCUT2D eigenvalue weighted by Crippen LogP contribution is 2.39. The Morgan fingerprint density at radius 1 is 1.23 bits per heavy atom. The van der Waals surface area contributed by atoms with E-state index in [1.807, 2.05) is 25.4 Å². The summed E-state index contributed by atoms with van der Waals surface area (Å²) in [5, 5.41) is 15.9. The van der Waals surface area contributed by atoms with E-state index in [0.29, 0.717) is 6.04 Å². The van der Waals surface area contributed by atoms with Crippen LogP contribution >= 0.6 is 23.5 Å². The van der Waals surface area contributed by atoms with Crippen molar-refractivity contribution < 1.29 is 0 Å². The third-order valence-corrected chi connectivity index (χ3v) is 6.52. The van der Waals surface area contributed by atoms with Gasteiger partial charge in [0, 0.05) is 36.5 Å². The van der Waals surface area contributed by atoms with Gasteiger partial charge in [-0.2, -0.15) is 5.10 Å². The topological polar surface area (TPSA) is 87.2 Å². The maximum atomic E-state index is 4.45. The van der Waals surface area contributed by atoms with E-state index in [0.717, 1.165) is 44.1 Å². The number of rotatable bonds is 4. The maximum absolute atomic E-state index is 4.45. The minimum absolute atomic E-state index is 0.305. The number of aromatic nitrogens is 8. The SMILES string of the molecule is Cn1ncc2c(SC[C@H]3CSc4nnc(-c5ccncc5)n43)ncnc21. The van der Waals surface area contributed by atoms with Crippen molar-refractivity contribution in [3.05, 3.63) is 37.1 Å². The van der Waals surface area contributed by atoms with Gasteiger partial charge in [-0.1, -0.05) is 11.8 Å². The number of pyridine rings is 1. The van der Waals surface area contributed by atoms with E-state index in [1.165, 1.54) is 0 Å². The molecule has 1 aliphatic heterocycles. The molecule has 5 heterocycles. The maximum Gasteiger partial charge on any atom is 0.191 e. The molecule has 26 heavy (non-hydrogen) atoms. The van der Waals surface area contributed by atoms with Crippen LogP contribution in [-0.4, -0.2) is 51.0 Å². The van der Waals surface area contributed by atoms with E-state index in [4.69, 9.17) is 0 Å². The normalized spacial score (nSPS) is 16.3. The second kappa shape index (κ2) is 6.36. The Hall–Kier alpha value is -2.46. The summed E-state index contributed by atoms with van der Waals surface area (Å²) in [6.45, 7) is 0. The first-order valence-electron chi connectivity index (χ1n) is 8.05. The van der Waals surface area contributed by atoms with E-state index in [9.17, 15) is 0 Å². The summed E-state index contributed by atoms with van der Waals surface area (Å²) < 4.78 is 4.00. The molecule has 0 spiro atoms. The van der Waals surface area contributed by atoms with Crippen LogP contribution in [0, 0.1) is 0 Å². The van der Waals surface area contributed by atoms with E-state index in [-0.39, 0.29) is 0 Å². The fourth-order valence-electron chi connectivity index (χ4n) is 3.00. The van der Waals surface area contributed by atoms with Crippen LogP contribution in [0.5, 0.6) is 0 Å². The number of thioether (sulfide) groups is 2. The van der Waals surface area contributed by atoms with E-state index in [2.05, 4.69) is 34.8 Å². The highest BCUT2D eigenvalue weighted by Gasteiger charge is 2.28. The van der Waals surface area contributed by atoms with Gasteiger partial charge in [0.15, 0.2) is 16.6 Å². The summed E-state index contributed by atoms with van der Waals surface area (Å²) in [6.07, 6.45) is 6.99. The minimum Gasteiger partial charge on any atom is -0.297 e. The predicted octanol–water partition coefficient (Wildman–Crippen LogP) is 2.46.